The molecule has 3 aromatic rings. The summed E-state index contributed by atoms with van der Waals surface area (Å²) >= 11 is 12.5. The molecule has 0 aliphatic heterocycles. The van der Waals surface area contributed by atoms with Crippen molar-refractivity contribution in [2.45, 2.75) is 32.6 Å². The Morgan fingerprint density at radius 2 is 1.86 bits per heavy atom. The summed E-state index contributed by atoms with van der Waals surface area (Å²) in [5, 5.41) is 8.81. The van der Waals surface area contributed by atoms with Gasteiger partial charge in [0.05, 0.1) is 16.4 Å². The quantitative estimate of drug-likeness (QED) is 0.448. The van der Waals surface area contributed by atoms with Crippen LogP contribution in [-0.4, -0.2) is 22.2 Å². The van der Waals surface area contributed by atoms with Crippen molar-refractivity contribution < 1.29 is 4.79 Å². The number of rotatable bonds is 8. The second-order valence-electron chi connectivity index (χ2n) is 6.60. The molecule has 0 atom stereocenters. The summed E-state index contributed by atoms with van der Waals surface area (Å²) in [6, 6.07) is 16.5. The Kier molecular flexibility index (Phi) is 7.12. The Labute approximate surface area is 175 Å². The van der Waals surface area contributed by atoms with Crippen molar-refractivity contribution in [1.82, 2.24) is 15.1 Å². The van der Waals surface area contributed by atoms with E-state index < -0.39 is 0 Å². The van der Waals surface area contributed by atoms with E-state index in [0.717, 1.165) is 30.5 Å². The molecule has 0 aliphatic rings. The van der Waals surface area contributed by atoms with Crippen LogP contribution in [0.3, 0.4) is 0 Å². The predicted molar refractivity (Wildman–Crippen MR) is 115 cm³/mol. The van der Waals surface area contributed by atoms with Crippen LogP contribution in [0.15, 0.2) is 54.6 Å². The van der Waals surface area contributed by atoms with E-state index in [9.17, 15) is 4.79 Å². The largest absolute Gasteiger partial charge is 0.351 e. The van der Waals surface area contributed by atoms with E-state index in [0.29, 0.717) is 28.0 Å². The van der Waals surface area contributed by atoms with Crippen LogP contribution in [0.25, 0.3) is 16.9 Å². The molecule has 0 saturated heterocycles. The smallest absolute Gasteiger partial charge is 0.270 e. The van der Waals surface area contributed by atoms with Crippen molar-refractivity contribution in [2.24, 2.45) is 0 Å². The second-order valence-corrected chi connectivity index (χ2v) is 7.45. The highest BCUT2D eigenvalue weighted by Crippen LogP contribution is 2.28. The average molecular weight is 416 g/mol. The number of halogens is 2. The predicted octanol–water partition coefficient (Wildman–Crippen LogP) is 6.16. The van der Waals surface area contributed by atoms with E-state index in [1.165, 1.54) is 6.42 Å². The molecule has 1 aromatic heterocycles. The molecule has 0 unspecified atom stereocenters. The SMILES string of the molecule is CCCCCCNC(=O)c1cc(-c2ccccc2Cl)nn1-c1cccc(Cl)c1. The topological polar surface area (TPSA) is 46.9 Å². The number of nitrogens with zero attached hydrogens (tertiary/aromatic N) is 2. The molecule has 2 aromatic carbocycles. The van der Waals surface area contributed by atoms with Crippen LogP contribution < -0.4 is 5.32 Å². The molecule has 1 heterocycles. The molecule has 0 spiro atoms. The first-order valence-electron chi connectivity index (χ1n) is 9.49. The van der Waals surface area contributed by atoms with Crippen molar-refractivity contribution in [1.29, 1.82) is 0 Å². The first-order chi connectivity index (χ1) is 13.6. The van der Waals surface area contributed by atoms with Gasteiger partial charge in [0.1, 0.15) is 5.69 Å². The van der Waals surface area contributed by atoms with Crippen molar-refractivity contribution in [2.75, 3.05) is 6.54 Å². The monoisotopic (exact) mass is 415 g/mol. The van der Waals surface area contributed by atoms with Crippen LogP contribution in [0.2, 0.25) is 10.0 Å². The fourth-order valence-electron chi connectivity index (χ4n) is 2.99. The van der Waals surface area contributed by atoms with Gasteiger partial charge in [-0.05, 0) is 36.8 Å². The maximum Gasteiger partial charge on any atom is 0.270 e. The lowest BCUT2D eigenvalue weighted by Crippen LogP contribution is -2.26. The van der Waals surface area contributed by atoms with Gasteiger partial charge < -0.3 is 5.32 Å². The van der Waals surface area contributed by atoms with E-state index >= 15 is 0 Å². The van der Waals surface area contributed by atoms with E-state index in [1.54, 1.807) is 22.9 Å². The Balaban J connectivity index is 1.93. The third-order valence-electron chi connectivity index (χ3n) is 4.46. The first kappa shape index (κ1) is 20.4. The summed E-state index contributed by atoms with van der Waals surface area (Å²) < 4.78 is 1.62. The molecule has 0 bridgehead atoms. The fraction of sp³-hybridized carbons (Fsp3) is 0.273. The molecule has 0 radical (unpaired) electrons. The Morgan fingerprint density at radius 1 is 1.04 bits per heavy atom. The van der Waals surface area contributed by atoms with E-state index in [2.05, 4.69) is 17.3 Å². The highest BCUT2D eigenvalue weighted by Gasteiger charge is 2.18. The number of aromatic nitrogens is 2. The summed E-state index contributed by atoms with van der Waals surface area (Å²) in [4.78, 5) is 12.8. The molecule has 4 nitrogen and oxygen atoms in total. The lowest BCUT2D eigenvalue weighted by Gasteiger charge is -2.08. The van der Waals surface area contributed by atoms with Gasteiger partial charge in [-0.15, -0.1) is 0 Å². The molecule has 1 amide bonds. The van der Waals surface area contributed by atoms with E-state index in [1.807, 2.05) is 36.4 Å². The number of carbonyl (C=O) groups is 1. The lowest BCUT2D eigenvalue weighted by molar-refractivity contribution is 0.0945. The molecule has 1 N–H and O–H groups in total. The second kappa shape index (κ2) is 9.76. The minimum Gasteiger partial charge on any atom is -0.351 e. The first-order valence-corrected chi connectivity index (χ1v) is 10.2. The number of benzene rings is 2. The van der Waals surface area contributed by atoms with Crippen LogP contribution in [-0.2, 0) is 0 Å². The van der Waals surface area contributed by atoms with Crippen LogP contribution in [0.5, 0.6) is 0 Å². The van der Waals surface area contributed by atoms with Crippen LogP contribution >= 0.6 is 23.2 Å². The molecule has 28 heavy (non-hydrogen) atoms. The Morgan fingerprint density at radius 3 is 2.61 bits per heavy atom. The highest BCUT2D eigenvalue weighted by molar-refractivity contribution is 6.33. The molecule has 0 aliphatic carbocycles. The number of amides is 1. The molecule has 146 valence electrons. The van der Waals surface area contributed by atoms with Gasteiger partial charge in [-0.25, -0.2) is 4.68 Å². The zero-order chi connectivity index (χ0) is 19.9. The number of hydrogen-bond acceptors (Lipinski definition) is 2. The summed E-state index contributed by atoms with van der Waals surface area (Å²) in [6.45, 7) is 2.80. The van der Waals surface area contributed by atoms with E-state index in [-0.39, 0.29) is 5.91 Å². The maximum absolute atomic E-state index is 12.8. The molecular formula is C22H23Cl2N3O. The summed E-state index contributed by atoms with van der Waals surface area (Å²) in [6.07, 6.45) is 4.40. The zero-order valence-corrected chi connectivity index (χ0v) is 17.3. The normalized spacial score (nSPS) is 10.8. The number of hydrogen-bond donors (Lipinski definition) is 1. The van der Waals surface area contributed by atoms with Crippen LogP contribution in [0.1, 0.15) is 43.1 Å². The number of nitrogens with one attached hydrogen (secondary N) is 1. The van der Waals surface area contributed by atoms with Gasteiger partial charge >= 0.3 is 0 Å². The van der Waals surface area contributed by atoms with Gasteiger partial charge in [-0.2, -0.15) is 5.10 Å². The third-order valence-corrected chi connectivity index (χ3v) is 5.03. The van der Waals surface area contributed by atoms with E-state index in [4.69, 9.17) is 23.2 Å². The zero-order valence-electron chi connectivity index (χ0n) is 15.8. The van der Waals surface area contributed by atoms with Gasteiger partial charge in [0, 0.05) is 17.1 Å². The van der Waals surface area contributed by atoms with Crippen LogP contribution in [0, 0.1) is 0 Å². The number of carbonyl (C=O) groups excluding carboxylic acids is 1. The fourth-order valence-corrected chi connectivity index (χ4v) is 3.41. The van der Waals surface area contributed by atoms with Gasteiger partial charge in [-0.3, -0.25) is 4.79 Å². The minimum absolute atomic E-state index is 0.165. The summed E-state index contributed by atoms with van der Waals surface area (Å²) in [5.74, 6) is -0.165. The Bertz CT molecular complexity index is 952. The third kappa shape index (κ3) is 4.94. The van der Waals surface area contributed by atoms with Crippen molar-refractivity contribution in [3.8, 4) is 16.9 Å². The molecule has 3 rings (SSSR count). The average Bonchev–Trinajstić information content (AvgIpc) is 3.13. The number of unbranched alkanes of at least 4 members (excludes halogenated alkanes) is 3. The molecule has 0 saturated carbocycles. The van der Waals surface area contributed by atoms with Gasteiger partial charge in [0.15, 0.2) is 0 Å². The van der Waals surface area contributed by atoms with Crippen molar-refractivity contribution in [3.05, 3.63) is 70.3 Å². The van der Waals surface area contributed by atoms with Crippen molar-refractivity contribution >= 4 is 29.1 Å². The van der Waals surface area contributed by atoms with Gasteiger partial charge in [0.25, 0.3) is 5.91 Å². The standard InChI is InChI=1S/C22H23Cl2N3O/c1-2-3-4-7-13-25-22(28)21-15-20(18-11-5-6-12-19(18)24)26-27(21)17-10-8-9-16(23)14-17/h5-6,8-12,14-15H,2-4,7,13H2,1H3,(H,25,28). The summed E-state index contributed by atoms with van der Waals surface area (Å²) in [7, 11) is 0. The lowest BCUT2D eigenvalue weighted by atomic mass is 10.1. The highest BCUT2D eigenvalue weighted by atomic mass is 35.5. The molecule has 0 fully saturated rings. The van der Waals surface area contributed by atoms with Gasteiger partial charge in [0.2, 0.25) is 0 Å². The summed E-state index contributed by atoms with van der Waals surface area (Å²) in [5.41, 5.74) is 2.60. The van der Waals surface area contributed by atoms with Crippen molar-refractivity contribution in [3.63, 3.8) is 0 Å². The molecule has 6 heteroatoms. The minimum atomic E-state index is -0.165. The van der Waals surface area contributed by atoms with Gasteiger partial charge in [-0.1, -0.05) is 73.7 Å². The maximum atomic E-state index is 12.8. The Hall–Kier alpha value is -2.30. The van der Waals surface area contributed by atoms with Crippen LogP contribution in [0.4, 0.5) is 0 Å². The molecular weight excluding hydrogens is 393 g/mol.